The first-order valence-corrected chi connectivity index (χ1v) is 9.48. The van der Waals surface area contributed by atoms with Gasteiger partial charge < -0.3 is 15.6 Å². The van der Waals surface area contributed by atoms with Crippen molar-refractivity contribution in [1.29, 1.82) is 0 Å². The second kappa shape index (κ2) is 5.55. The third-order valence-electron chi connectivity index (χ3n) is 7.55. The molecule has 4 rings (SSSR count). The Kier molecular flexibility index (Phi) is 3.79. The maximum absolute atomic E-state index is 11.4. The minimum absolute atomic E-state index is 0.0333. The Bertz CT molecular complexity index is 693. The summed E-state index contributed by atoms with van der Waals surface area (Å²) in [7, 11) is 0. The fraction of sp³-hybridized carbons (Fsp3) is 0.667. The zero-order valence-corrected chi connectivity index (χ0v) is 15.4. The topological polar surface area (TPSA) is 72.5 Å². The molecule has 1 fully saturated rings. The van der Waals surface area contributed by atoms with E-state index < -0.39 is 0 Å². The van der Waals surface area contributed by atoms with Gasteiger partial charge in [-0.05, 0) is 54.9 Å². The fourth-order valence-electron chi connectivity index (χ4n) is 6.06. The van der Waals surface area contributed by atoms with Crippen LogP contribution >= 0.6 is 0 Å². The first kappa shape index (κ1) is 17.0. The molecule has 0 aromatic heterocycles. The molecular weight excluding hydrogens is 314 g/mol. The SMILES string of the molecule is CC(=O)OC1=C[C@H]2[C@@H]3CC=C4CC(O)C=C[C@]4(C)[C@@H]3CC[C@]2(C)C1N. The molecule has 4 aliphatic rings. The van der Waals surface area contributed by atoms with Crippen molar-refractivity contribution >= 4 is 5.97 Å². The van der Waals surface area contributed by atoms with Gasteiger partial charge in [-0.2, -0.15) is 0 Å². The largest absolute Gasteiger partial charge is 0.430 e. The van der Waals surface area contributed by atoms with Crippen LogP contribution in [0.3, 0.4) is 0 Å². The number of hydrogen-bond acceptors (Lipinski definition) is 4. The number of esters is 1. The van der Waals surface area contributed by atoms with Crippen LogP contribution in [0.25, 0.3) is 0 Å². The van der Waals surface area contributed by atoms with Gasteiger partial charge in [-0.1, -0.05) is 37.6 Å². The van der Waals surface area contributed by atoms with Crippen molar-refractivity contribution < 1.29 is 14.6 Å². The Morgan fingerprint density at radius 3 is 2.88 bits per heavy atom. The highest BCUT2D eigenvalue weighted by atomic mass is 16.5. The highest BCUT2D eigenvalue weighted by Gasteiger charge is 2.58. The number of allylic oxidation sites excluding steroid dienone is 3. The summed E-state index contributed by atoms with van der Waals surface area (Å²) in [5.41, 5.74) is 7.90. The summed E-state index contributed by atoms with van der Waals surface area (Å²) in [6, 6.07) is -0.204. The van der Waals surface area contributed by atoms with Crippen LogP contribution in [0.4, 0.5) is 0 Å². The number of aliphatic hydroxyl groups is 1. The van der Waals surface area contributed by atoms with Gasteiger partial charge in [0.25, 0.3) is 0 Å². The molecule has 4 nitrogen and oxygen atoms in total. The number of nitrogens with two attached hydrogens (primary N) is 1. The van der Waals surface area contributed by atoms with Crippen LogP contribution in [-0.2, 0) is 9.53 Å². The van der Waals surface area contributed by atoms with E-state index in [1.807, 2.05) is 6.08 Å². The lowest BCUT2D eigenvalue weighted by molar-refractivity contribution is -0.137. The predicted octanol–water partition coefficient (Wildman–Crippen LogP) is 3.08. The van der Waals surface area contributed by atoms with Gasteiger partial charge in [-0.15, -0.1) is 0 Å². The first-order valence-electron chi connectivity index (χ1n) is 9.48. The molecule has 1 saturated carbocycles. The summed E-state index contributed by atoms with van der Waals surface area (Å²) in [5, 5.41) is 10.0. The number of fused-ring (bicyclic) bond motifs is 5. The van der Waals surface area contributed by atoms with E-state index in [1.54, 1.807) is 0 Å². The van der Waals surface area contributed by atoms with E-state index in [-0.39, 0.29) is 28.9 Å². The van der Waals surface area contributed by atoms with Gasteiger partial charge in [0.2, 0.25) is 0 Å². The summed E-state index contributed by atoms with van der Waals surface area (Å²) >= 11 is 0. The lowest BCUT2D eigenvalue weighted by atomic mass is 9.49. The molecule has 2 unspecified atom stereocenters. The Labute approximate surface area is 149 Å². The summed E-state index contributed by atoms with van der Waals surface area (Å²) in [6.45, 7) is 6.02. The van der Waals surface area contributed by atoms with Crippen LogP contribution in [0.2, 0.25) is 0 Å². The number of hydrogen-bond donors (Lipinski definition) is 2. The van der Waals surface area contributed by atoms with E-state index in [0.29, 0.717) is 23.5 Å². The molecule has 0 heterocycles. The van der Waals surface area contributed by atoms with Gasteiger partial charge in [0.05, 0.1) is 12.1 Å². The van der Waals surface area contributed by atoms with Crippen molar-refractivity contribution in [3.8, 4) is 0 Å². The Morgan fingerprint density at radius 2 is 2.16 bits per heavy atom. The van der Waals surface area contributed by atoms with Gasteiger partial charge in [0.15, 0.2) is 0 Å². The van der Waals surface area contributed by atoms with E-state index in [0.717, 1.165) is 25.7 Å². The van der Waals surface area contributed by atoms with Gasteiger partial charge in [-0.3, -0.25) is 4.79 Å². The van der Waals surface area contributed by atoms with Crippen LogP contribution in [0.1, 0.15) is 46.5 Å². The van der Waals surface area contributed by atoms with E-state index in [9.17, 15) is 9.90 Å². The van der Waals surface area contributed by atoms with Crippen molar-refractivity contribution in [1.82, 2.24) is 0 Å². The van der Waals surface area contributed by atoms with Crippen molar-refractivity contribution in [3.05, 3.63) is 35.6 Å². The molecule has 4 heteroatoms. The number of aliphatic hydroxyl groups excluding tert-OH is 1. The van der Waals surface area contributed by atoms with Crippen LogP contribution in [0.15, 0.2) is 35.6 Å². The zero-order chi connectivity index (χ0) is 18.0. The monoisotopic (exact) mass is 343 g/mol. The molecule has 136 valence electrons. The van der Waals surface area contributed by atoms with Gasteiger partial charge in [-0.25, -0.2) is 0 Å². The smallest absolute Gasteiger partial charge is 0.307 e. The zero-order valence-electron chi connectivity index (χ0n) is 15.4. The molecule has 0 radical (unpaired) electrons. The van der Waals surface area contributed by atoms with Crippen LogP contribution < -0.4 is 5.73 Å². The lowest BCUT2D eigenvalue weighted by Gasteiger charge is -2.56. The molecule has 0 aromatic carbocycles. The third-order valence-corrected chi connectivity index (χ3v) is 7.55. The second-order valence-corrected chi connectivity index (χ2v) is 8.86. The molecule has 4 aliphatic carbocycles. The molecule has 0 amide bonds. The maximum atomic E-state index is 11.4. The molecule has 0 saturated heterocycles. The molecule has 25 heavy (non-hydrogen) atoms. The molecule has 7 atom stereocenters. The Morgan fingerprint density at radius 1 is 1.40 bits per heavy atom. The normalized spacial score (nSPS) is 48.0. The molecule has 0 aliphatic heterocycles. The quantitative estimate of drug-likeness (QED) is 0.567. The average Bonchev–Trinajstić information content (AvgIpc) is 2.79. The van der Waals surface area contributed by atoms with Crippen LogP contribution in [0.5, 0.6) is 0 Å². The Hall–Kier alpha value is -1.39. The van der Waals surface area contributed by atoms with E-state index >= 15 is 0 Å². The summed E-state index contributed by atoms with van der Waals surface area (Å²) in [5.74, 6) is 1.77. The average molecular weight is 343 g/mol. The van der Waals surface area contributed by atoms with E-state index in [1.165, 1.54) is 12.5 Å². The molecule has 0 aromatic rings. The summed E-state index contributed by atoms with van der Waals surface area (Å²) in [6.07, 6.45) is 12.3. The maximum Gasteiger partial charge on any atom is 0.307 e. The summed E-state index contributed by atoms with van der Waals surface area (Å²) < 4.78 is 5.44. The van der Waals surface area contributed by atoms with Crippen LogP contribution in [-0.4, -0.2) is 23.2 Å². The molecule has 3 N–H and O–H groups in total. The standard InChI is InChI=1S/C21H29NO3/c1-12(23)25-18-11-17-15-5-4-13-10-14(24)6-8-20(13,2)16(15)7-9-21(17,3)19(18)22/h4,6,8,11,14-17,19,24H,5,7,9-10,22H2,1-3H3/t14?,15-,16-,17+,19?,20+,21+/m1/s1. The number of carbonyl (C=O) groups excluding carboxylic acids is 1. The van der Waals surface area contributed by atoms with E-state index in [2.05, 4.69) is 32.1 Å². The first-order chi connectivity index (χ1) is 11.8. The van der Waals surface area contributed by atoms with Crippen molar-refractivity contribution in [2.24, 2.45) is 34.3 Å². The van der Waals surface area contributed by atoms with Gasteiger partial charge in [0.1, 0.15) is 5.76 Å². The van der Waals surface area contributed by atoms with E-state index in [4.69, 9.17) is 10.5 Å². The van der Waals surface area contributed by atoms with Gasteiger partial charge in [0, 0.05) is 12.3 Å². The fourth-order valence-corrected chi connectivity index (χ4v) is 6.06. The van der Waals surface area contributed by atoms with Crippen molar-refractivity contribution in [2.75, 3.05) is 0 Å². The molecule has 0 bridgehead atoms. The minimum Gasteiger partial charge on any atom is -0.430 e. The molecular formula is C21H29NO3. The van der Waals surface area contributed by atoms with Crippen molar-refractivity contribution in [2.45, 2.75) is 58.6 Å². The molecule has 0 spiro atoms. The highest BCUT2D eigenvalue weighted by Crippen LogP contribution is 2.63. The number of rotatable bonds is 1. The van der Waals surface area contributed by atoms with Gasteiger partial charge >= 0.3 is 5.97 Å². The number of ether oxygens (including phenoxy) is 1. The predicted molar refractivity (Wildman–Crippen MR) is 96.2 cm³/mol. The highest BCUT2D eigenvalue weighted by molar-refractivity contribution is 5.67. The Balaban J connectivity index is 1.70. The second-order valence-electron chi connectivity index (χ2n) is 8.86. The third kappa shape index (κ3) is 2.37. The minimum atomic E-state index is -0.347. The van der Waals surface area contributed by atoms with Crippen LogP contribution in [0, 0.1) is 28.6 Å². The summed E-state index contributed by atoms with van der Waals surface area (Å²) in [4.78, 5) is 11.4. The van der Waals surface area contributed by atoms with Crippen molar-refractivity contribution in [3.63, 3.8) is 0 Å². The number of carbonyl (C=O) groups is 1. The lowest BCUT2D eigenvalue weighted by Crippen LogP contribution is -2.52.